The highest BCUT2D eigenvalue weighted by atomic mass is 32.7. The maximum Gasteiger partial charge on any atom is 0.291 e. The first kappa shape index (κ1) is 20.3. The molecule has 2 N–H and O–H groups in total. The van der Waals surface area contributed by atoms with Gasteiger partial charge in [0.15, 0.2) is 0 Å². The topological polar surface area (TPSA) is 53.5 Å². The Morgan fingerprint density at radius 3 is 2.61 bits per heavy atom. The molecule has 0 saturated carbocycles. The first-order valence-electron chi connectivity index (χ1n) is 8.33. The average Bonchev–Trinajstić information content (AvgIpc) is 2.54. The molecule has 1 aromatic rings. The molecular formula is C17H30N3OPS. The average molecular weight is 355 g/mol. The van der Waals surface area contributed by atoms with Gasteiger partial charge in [0, 0.05) is 11.7 Å². The van der Waals surface area contributed by atoms with Crippen LogP contribution < -0.4 is 10.2 Å². The molecule has 0 aliphatic rings. The molecule has 0 aromatic heterocycles. The van der Waals surface area contributed by atoms with Gasteiger partial charge in [0.25, 0.3) is 6.65 Å². The van der Waals surface area contributed by atoms with E-state index in [4.69, 9.17) is 4.99 Å². The summed E-state index contributed by atoms with van der Waals surface area (Å²) >= 11 is 1.48. The van der Waals surface area contributed by atoms with E-state index in [0.717, 1.165) is 42.8 Å². The van der Waals surface area contributed by atoms with Crippen LogP contribution in [0, 0.1) is 6.92 Å². The predicted molar refractivity (Wildman–Crippen MR) is 105 cm³/mol. The summed E-state index contributed by atoms with van der Waals surface area (Å²) in [7, 11) is 1.74. The monoisotopic (exact) mass is 355 g/mol. The Morgan fingerprint density at radius 2 is 2.04 bits per heavy atom. The highest BCUT2D eigenvalue weighted by molar-refractivity contribution is 8.57. The molecule has 0 bridgehead atoms. The van der Waals surface area contributed by atoms with Crippen molar-refractivity contribution in [3.8, 4) is 0 Å². The Hall–Kier alpha value is -0.770. The predicted octanol–water partition coefficient (Wildman–Crippen LogP) is 5.66. The van der Waals surface area contributed by atoms with Gasteiger partial charge >= 0.3 is 0 Å². The number of rotatable bonds is 9. The molecule has 0 aliphatic heterocycles. The number of benzene rings is 1. The van der Waals surface area contributed by atoms with Gasteiger partial charge in [-0.25, -0.2) is 10.1 Å². The minimum Gasteiger partial charge on any atom is -0.305 e. The first-order valence-corrected chi connectivity index (χ1v) is 11.5. The van der Waals surface area contributed by atoms with E-state index in [-0.39, 0.29) is 0 Å². The smallest absolute Gasteiger partial charge is 0.291 e. The number of aryl methyl sites for hydroxylation is 1. The van der Waals surface area contributed by atoms with Gasteiger partial charge in [-0.15, -0.1) is 0 Å². The molecule has 23 heavy (non-hydrogen) atoms. The van der Waals surface area contributed by atoms with Crippen molar-refractivity contribution in [2.24, 2.45) is 4.99 Å². The third-order valence-corrected chi connectivity index (χ3v) is 8.54. The molecule has 0 amide bonds. The molecule has 0 spiro atoms. The van der Waals surface area contributed by atoms with E-state index in [0.29, 0.717) is 5.25 Å². The summed E-state index contributed by atoms with van der Waals surface area (Å²) in [6.45, 7) is 5.66. The summed E-state index contributed by atoms with van der Waals surface area (Å²) in [5, 5.41) is 6.52. The van der Waals surface area contributed by atoms with Gasteiger partial charge in [-0.2, -0.15) is 0 Å². The summed E-state index contributed by atoms with van der Waals surface area (Å²) in [4.78, 5) is 4.74. The fraction of sp³-hybridized carbons (Fsp3) is 0.588. The number of nitrogens with one attached hydrogen (secondary N) is 2. The Balaban J connectivity index is 3.01. The fourth-order valence-electron chi connectivity index (χ4n) is 1.95. The van der Waals surface area contributed by atoms with Crippen molar-refractivity contribution in [3.63, 3.8) is 0 Å². The summed E-state index contributed by atoms with van der Waals surface area (Å²) in [5.74, 6) is 0.801. The van der Waals surface area contributed by atoms with Gasteiger partial charge in [0.1, 0.15) is 5.84 Å². The first-order chi connectivity index (χ1) is 10.9. The number of hydrogen-bond donors (Lipinski definition) is 2. The van der Waals surface area contributed by atoms with Crippen LogP contribution in [-0.2, 0) is 4.57 Å². The summed E-state index contributed by atoms with van der Waals surface area (Å²) < 4.78 is 13.1. The molecule has 130 valence electrons. The van der Waals surface area contributed by atoms with Gasteiger partial charge in [0.05, 0.1) is 5.69 Å². The molecule has 1 aromatic carbocycles. The highest BCUT2D eigenvalue weighted by Crippen LogP contribution is 2.53. The van der Waals surface area contributed by atoms with Gasteiger partial charge in [-0.1, -0.05) is 56.8 Å². The second kappa shape index (κ2) is 10.2. The van der Waals surface area contributed by atoms with Crippen molar-refractivity contribution in [3.05, 3.63) is 29.8 Å². The molecule has 2 atom stereocenters. The Morgan fingerprint density at radius 1 is 1.35 bits per heavy atom. The largest absolute Gasteiger partial charge is 0.305 e. The molecule has 0 aliphatic carbocycles. The van der Waals surface area contributed by atoms with Gasteiger partial charge in [-0.3, -0.25) is 4.57 Å². The van der Waals surface area contributed by atoms with Crippen molar-refractivity contribution in [1.82, 2.24) is 10.2 Å². The van der Waals surface area contributed by atoms with Crippen molar-refractivity contribution in [2.45, 2.75) is 58.6 Å². The molecule has 0 fully saturated rings. The summed E-state index contributed by atoms with van der Waals surface area (Å²) in [5.41, 5.74) is 2.06. The van der Waals surface area contributed by atoms with Crippen molar-refractivity contribution < 1.29 is 4.57 Å². The Bertz CT molecular complexity index is 563. The van der Waals surface area contributed by atoms with E-state index < -0.39 is 6.65 Å². The quantitative estimate of drug-likeness (QED) is 0.341. The Labute approximate surface area is 145 Å². The van der Waals surface area contributed by atoms with Crippen molar-refractivity contribution in [2.75, 3.05) is 7.05 Å². The molecule has 0 heterocycles. The highest BCUT2D eigenvalue weighted by Gasteiger charge is 2.24. The lowest BCUT2D eigenvalue weighted by Crippen LogP contribution is -2.25. The zero-order valence-electron chi connectivity index (χ0n) is 14.9. The second-order valence-electron chi connectivity index (χ2n) is 5.66. The SMILES string of the molecule is CCCCC(=Nc1ccccc1C)NP(=O)(NC)SC(C)CC. The molecule has 2 unspecified atom stereocenters. The van der Waals surface area contributed by atoms with E-state index in [2.05, 4.69) is 30.9 Å². The zero-order chi connectivity index (χ0) is 17.3. The van der Waals surface area contributed by atoms with E-state index in [1.165, 1.54) is 11.4 Å². The molecular weight excluding hydrogens is 325 g/mol. The van der Waals surface area contributed by atoms with Crippen LogP contribution in [0.15, 0.2) is 29.3 Å². The minimum atomic E-state index is -2.74. The van der Waals surface area contributed by atoms with Gasteiger partial charge in [-0.05, 0) is 38.4 Å². The minimum absolute atomic E-state index is 0.326. The number of nitrogens with zero attached hydrogens (tertiary/aromatic N) is 1. The van der Waals surface area contributed by atoms with Crippen molar-refractivity contribution in [1.29, 1.82) is 0 Å². The number of amidine groups is 1. The number of aliphatic imine (C=N–C) groups is 1. The van der Waals surface area contributed by atoms with Gasteiger partial charge in [0.2, 0.25) is 0 Å². The van der Waals surface area contributed by atoms with E-state index in [9.17, 15) is 4.57 Å². The lowest BCUT2D eigenvalue weighted by molar-refractivity contribution is 0.576. The van der Waals surface area contributed by atoms with Gasteiger partial charge < -0.3 is 5.09 Å². The van der Waals surface area contributed by atoms with Crippen LogP contribution in [0.2, 0.25) is 0 Å². The van der Waals surface area contributed by atoms with E-state index in [1.54, 1.807) is 7.05 Å². The zero-order valence-corrected chi connectivity index (χ0v) is 16.6. The van der Waals surface area contributed by atoms with Crippen LogP contribution in [0.3, 0.4) is 0 Å². The number of hydrogen-bond acceptors (Lipinski definition) is 3. The fourth-order valence-corrected chi connectivity index (χ4v) is 6.13. The molecule has 1 rings (SSSR count). The third kappa shape index (κ3) is 7.11. The van der Waals surface area contributed by atoms with Crippen molar-refractivity contribution >= 4 is 29.5 Å². The van der Waals surface area contributed by atoms with Crippen LogP contribution in [-0.4, -0.2) is 18.1 Å². The normalized spacial score (nSPS) is 16.0. The number of unbranched alkanes of at least 4 members (excludes halogenated alkanes) is 1. The van der Waals surface area contributed by atoms with E-state index in [1.807, 2.05) is 31.2 Å². The molecule has 0 radical (unpaired) electrons. The second-order valence-corrected chi connectivity index (χ2v) is 10.6. The third-order valence-electron chi connectivity index (χ3n) is 3.61. The summed E-state index contributed by atoms with van der Waals surface area (Å²) in [6.07, 6.45) is 3.89. The number of para-hydroxylation sites is 1. The molecule has 4 nitrogen and oxygen atoms in total. The summed E-state index contributed by atoms with van der Waals surface area (Å²) in [6, 6.07) is 8.02. The lowest BCUT2D eigenvalue weighted by atomic mass is 10.2. The maximum atomic E-state index is 13.1. The standard InChI is InChI=1S/C17H30N3OPS/c1-6-8-13-17(19-16-12-10-9-11-14(16)3)20-22(21,18-5)23-15(4)7-2/h9-12,15H,6-8,13H2,1-5H3,(H2,18,19,20,21). The van der Waals surface area contributed by atoms with Crippen LogP contribution in [0.4, 0.5) is 5.69 Å². The molecule has 0 saturated heterocycles. The lowest BCUT2D eigenvalue weighted by Gasteiger charge is -2.22. The van der Waals surface area contributed by atoms with Crippen LogP contribution >= 0.6 is 18.0 Å². The maximum absolute atomic E-state index is 13.1. The van der Waals surface area contributed by atoms with Crippen LogP contribution in [0.5, 0.6) is 0 Å². The molecule has 6 heteroatoms. The van der Waals surface area contributed by atoms with E-state index >= 15 is 0 Å². The van der Waals surface area contributed by atoms with Crippen LogP contribution in [0.1, 0.15) is 52.0 Å². The van der Waals surface area contributed by atoms with Crippen LogP contribution in [0.25, 0.3) is 0 Å². The Kier molecular flexibility index (Phi) is 8.96.